The zero-order chi connectivity index (χ0) is 24.7. The van der Waals surface area contributed by atoms with E-state index >= 15 is 0 Å². The number of Topliss-reactive ketones (excluding diaryl/α,β-unsaturated/α-hetero) is 1. The molecule has 5 rings (SSSR count). The van der Waals surface area contributed by atoms with Crippen LogP contribution in [0.15, 0.2) is 78.4 Å². The molecule has 0 bridgehead atoms. The van der Waals surface area contributed by atoms with Gasteiger partial charge < -0.3 is 9.84 Å². The predicted octanol–water partition coefficient (Wildman–Crippen LogP) is 4.84. The number of nitro groups is 1. The van der Waals surface area contributed by atoms with Crippen molar-refractivity contribution in [1.82, 2.24) is 4.98 Å². The second-order valence-corrected chi connectivity index (χ2v) is 8.73. The number of benzene rings is 3. The van der Waals surface area contributed by atoms with Gasteiger partial charge in [0.2, 0.25) is 0 Å². The van der Waals surface area contributed by atoms with Crippen molar-refractivity contribution in [2.24, 2.45) is 0 Å². The molecule has 0 spiro atoms. The normalized spacial score (nSPS) is 17.2. The van der Waals surface area contributed by atoms with Crippen molar-refractivity contribution in [3.63, 3.8) is 0 Å². The summed E-state index contributed by atoms with van der Waals surface area (Å²) >= 11 is 1.17. The number of aliphatic hydroxyl groups is 1. The molecule has 0 saturated carbocycles. The van der Waals surface area contributed by atoms with E-state index in [1.807, 2.05) is 0 Å². The lowest BCUT2D eigenvalue weighted by Crippen LogP contribution is -2.29. The molecule has 1 amide bonds. The number of non-ortho nitro benzene ring substituents is 1. The van der Waals surface area contributed by atoms with Gasteiger partial charge in [-0.2, -0.15) is 0 Å². The van der Waals surface area contributed by atoms with Crippen LogP contribution in [0.25, 0.3) is 16.0 Å². The van der Waals surface area contributed by atoms with E-state index in [0.29, 0.717) is 22.4 Å². The summed E-state index contributed by atoms with van der Waals surface area (Å²) in [5, 5.41) is 22.8. The van der Waals surface area contributed by atoms with E-state index in [1.165, 1.54) is 41.5 Å². The molecule has 1 fully saturated rings. The first-order valence-electron chi connectivity index (χ1n) is 10.4. The number of hydrogen-bond donors (Lipinski definition) is 1. The van der Waals surface area contributed by atoms with Gasteiger partial charge in [0.25, 0.3) is 11.5 Å². The molecule has 35 heavy (non-hydrogen) atoms. The second-order valence-electron chi connectivity index (χ2n) is 7.72. The maximum Gasteiger partial charge on any atom is 0.301 e. The number of carbonyl (C=O) groups is 2. The Kier molecular flexibility index (Phi) is 5.50. The maximum atomic E-state index is 13.3. The van der Waals surface area contributed by atoms with Crippen molar-refractivity contribution < 1.29 is 24.4 Å². The van der Waals surface area contributed by atoms with E-state index in [9.17, 15) is 24.8 Å². The van der Waals surface area contributed by atoms with E-state index in [0.717, 1.165) is 4.70 Å². The molecule has 1 aliphatic heterocycles. The molecule has 9 nitrogen and oxygen atoms in total. The van der Waals surface area contributed by atoms with Crippen LogP contribution in [0, 0.1) is 10.1 Å². The third kappa shape index (κ3) is 3.79. The Labute approximate surface area is 202 Å². The minimum absolute atomic E-state index is 0.168. The first-order valence-corrected chi connectivity index (χ1v) is 11.3. The van der Waals surface area contributed by atoms with Crippen LogP contribution in [0.4, 0.5) is 10.8 Å². The number of carbonyl (C=O) groups excluding carboxylic acids is 2. The summed E-state index contributed by atoms with van der Waals surface area (Å²) in [6, 6.07) is 18.1. The maximum absolute atomic E-state index is 13.3. The van der Waals surface area contributed by atoms with Crippen LogP contribution >= 0.6 is 11.3 Å². The standard InChI is InChI=1S/C25H17N3O6S/c1-34-17-10-11-18-19(13-17)35-25(26-18)27-21(15-8-5-9-16(12-15)28(32)33)20(23(30)24(27)31)22(29)14-6-3-2-4-7-14/h2-13,21,29H,1H3/b22-20+/t21-/m1/s1. The number of nitrogens with zero attached hydrogens (tertiary/aromatic N) is 3. The number of aromatic nitrogens is 1. The monoisotopic (exact) mass is 487 g/mol. The van der Waals surface area contributed by atoms with Crippen molar-refractivity contribution in [2.75, 3.05) is 12.0 Å². The molecule has 0 radical (unpaired) electrons. The van der Waals surface area contributed by atoms with Gasteiger partial charge in [-0.3, -0.25) is 24.6 Å². The number of ketones is 1. The molecule has 0 aliphatic carbocycles. The first-order chi connectivity index (χ1) is 16.9. The summed E-state index contributed by atoms with van der Waals surface area (Å²) in [6.45, 7) is 0. The third-order valence-electron chi connectivity index (χ3n) is 5.68. The van der Waals surface area contributed by atoms with Crippen molar-refractivity contribution in [1.29, 1.82) is 0 Å². The van der Waals surface area contributed by atoms with Gasteiger partial charge in [-0.05, 0) is 23.8 Å². The fourth-order valence-corrected chi connectivity index (χ4v) is 5.05. The predicted molar refractivity (Wildman–Crippen MR) is 130 cm³/mol. The molecular formula is C25H17N3O6S. The highest BCUT2D eigenvalue weighted by Gasteiger charge is 2.48. The second kappa shape index (κ2) is 8.65. The van der Waals surface area contributed by atoms with Gasteiger partial charge in [0.05, 0.1) is 33.9 Å². The lowest BCUT2D eigenvalue weighted by atomic mass is 9.95. The van der Waals surface area contributed by atoms with E-state index in [2.05, 4.69) is 4.98 Å². The fourth-order valence-electron chi connectivity index (χ4n) is 4.03. The van der Waals surface area contributed by atoms with Crippen LogP contribution in [-0.4, -0.2) is 33.8 Å². The highest BCUT2D eigenvalue weighted by molar-refractivity contribution is 7.22. The van der Waals surface area contributed by atoms with E-state index in [1.54, 1.807) is 54.6 Å². The number of nitro benzene ring substituents is 1. The van der Waals surface area contributed by atoms with E-state index in [4.69, 9.17) is 4.74 Å². The number of thiazole rings is 1. The van der Waals surface area contributed by atoms with Gasteiger partial charge in [-0.25, -0.2) is 4.98 Å². The molecule has 1 aromatic heterocycles. The zero-order valence-corrected chi connectivity index (χ0v) is 19.1. The molecule has 1 aliphatic rings. The Bertz CT molecular complexity index is 1530. The van der Waals surface area contributed by atoms with Crippen molar-refractivity contribution in [3.05, 3.63) is 99.6 Å². The smallest absolute Gasteiger partial charge is 0.301 e. The van der Waals surface area contributed by atoms with Crippen LogP contribution in [0.1, 0.15) is 17.2 Å². The Morgan fingerprint density at radius 1 is 1.09 bits per heavy atom. The number of hydrogen-bond acceptors (Lipinski definition) is 8. The fraction of sp³-hybridized carbons (Fsp3) is 0.0800. The molecule has 10 heteroatoms. The summed E-state index contributed by atoms with van der Waals surface area (Å²) in [5.41, 5.74) is 0.858. The molecule has 2 heterocycles. The number of methoxy groups -OCH3 is 1. The summed E-state index contributed by atoms with van der Waals surface area (Å²) in [5.74, 6) is -1.55. The van der Waals surface area contributed by atoms with Gasteiger partial charge in [0.15, 0.2) is 5.13 Å². The minimum atomic E-state index is -1.11. The molecule has 0 unspecified atom stereocenters. The van der Waals surface area contributed by atoms with E-state index in [-0.39, 0.29) is 22.2 Å². The van der Waals surface area contributed by atoms with Crippen molar-refractivity contribution >= 4 is 49.8 Å². The average Bonchev–Trinajstić information content (AvgIpc) is 3.41. The number of anilines is 1. The topological polar surface area (TPSA) is 123 Å². The molecule has 1 saturated heterocycles. The van der Waals surface area contributed by atoms with Crippen LogP contribution < -0.4 is 9.64 Å². The quantitative estimate of drug-likeness (QED) is 0.140. The van der Waals surface area contributed by atoms with Gasteiger partial charge in [-0.1, -0.05) is 53.8 Å². The summed E-state index contributed by atoms with van der Waals surface area (Å²) < 4.78 is 5.98. The SMILES string of the molecule is COc1ccc2nc(N3C(=O)C(=O)/C(=C(/O)c4ccccc4)[C@H]3c3cccc([N+](=O)[O-])c3)sc2c1. The highest BCUT2D eigenvalue weighted by Crippen LogP contribution is 2.45. The molecule has 3 aromatic carbocycles. The first kappa shape index (κ1) is 22.2. The van der Waals surface area contributed by atoms with Crippen LogP contribution in [0.5, 0.6) is 5.75 Å². The largest absolute Gasteiger partial charge is 0.507 e. The van der Waals surface area contributed by atoms with Gasteiger partial charge in [0.1, 0.15) is 11.5 Å². The number of aliphatic hydroxyl groups excluding tert-OH is 1. The highest BCUT2D eigenvalue weighted by atomic mass is 32.1. The lowest BCUT2D eigenvalue weighted by molar-refractivity contribution is -0.384. The minimum Gasteiger partial charge on any atom is -0.507 e. The Morgan fingerprint density at radius 3 is 2.57 bits per heavy atom. The summed E-state index contributed by atoms with van der Waals surface area (Å²) in [7, 11) is 1.54. The Morgan fingerprint density at radius 2 is 1.86 bits per heavy atom. The van der Waals surface area contributed by atoms with Gasteiger partial charge in [-0.15, -0.1) is 0 Å². The third-order valence-corrected chi connectivity index (χ3v) is 6.70. The number of amides is 1. The Balaban J connectivity index is 1.74. The summed E-state index contributed by atoms with van der Waals surface area (Å²) in [4.78, 5) is 43.1. The van der Waals surface area contributed by atoms with Crippen LogP contribution in [-0.2, 0) is 9.59 Å². The molecular weight excluding hydrogens is 470 g/mol. The molecule has 1 atom stereocenters. The number of ether oxygens (including phenoxy) is 1. The number of fused-ring (bicyclic) bond motifs is 1. The number of rotatable bonds is 5. The van der Waals surface area contributed by atoms with Gasteiger partial charge >= 0.3 is 5.91 Å². The van der Waals surface area contributed by atoms with E-state index < -0.39 is 22.7 Å². The van der Waals surface area contributed by atoms with Crippen molar-refractivity contribution in [3.8, 4) is 5.75 Å². The summed E-state index contributed by atoms with van der Waals surface area (Å²) in [6.07, 6.45) is 0. The average molecular weight is 487 g/mol. The van der Waals surface area contributed by atoms with Crippen LogP contribution in [0.3, 0.4) is 0 Å². The van der Waals surface area contributed by atoms with Crippen molar-refractivity contribution in [2.45, 2.75) is 6.04 Å². The van der Waals surface area contributed by atoms with Crippen LogP contribution in [0.2, 0.25) is 0 Å². The lowest BCUT2D eigenvalue weighted by Gasteiger charge is -2.22. The Hall–Kier alpha value is -4.57. The molecule has 174 valence electrons. The molecule has 1 N–H and O–H groups in total. The van der Waals surface area contributed by atoms with Gasteiger partial charge in [0, 0.05) is 17.7 Å². The zero-order valence-electron chi connectivity index (χ0n) is 18.2. The molecule has 4 aromatic rings.